The van der Waals surface area contributed by atoms with Crippen LogP contribution < -0.4 is 10.1 Å². The summed E-state index contributed by atoms with van der Waals surface area (Å²) < 4.78 is 27.6. The molecule has 0 radical (unpaired) electrons. The van der Waals surface area contributed by atoms with Gasteiger partial charge in [-0.1, -0.05) is 19.1 Å². The first-order valence-electron chi connectivity index (χ1n) is 7.01. The molecule has 0 aromatic heterocycles. The second-order valence-electron chi connectivity index (χ2n) is 5.05. The molecule has 5 heteroatoms. The van der Waals surface area contributed by atoms with Crippen LogP contribution in [0, 0.1) is 0 Å². The molecule has 0 heterocycles. The van der Waals surface area contributed by atoms with Crippen LogP contribution >= 0.6 is 0 Å². The Morgan fingerprint density at radius 2 is 1.90 bits per heavy atom. The van der Waals surface area contributed by atoms with Crippen molar-refractivity contribution in [2.24, 2.45) is 0 Å². The zero-order valence-corrected chi connectivity index (χ0v) is 13.4. The van der Waals surface area contributed by atoms with Crippen LogP contribution in [-0.4, -0.2) is 34.1 Å². The van der Waals surface area contributed by atoms with Crippen molar-refractivity contribution in [2.45, 2.75) is 32.2 Å². The number of hydrogen-bond acceptors (Lipinski definition) is 4. The normalized spacial score (nSPS) is 13.2. The molecule has 0 bridgehead atoms. The number of rotatable bonds is 9. The van der Waals surface area contributed by atoms with Gasteiger partial charge in [0.1, 0.15) is 15.6 Å². The first-order valence-corrected chi connectivity index (χ1v) is 9.07. The third kappa shape index (κ3) is 6.39. The molecule has 0 spiro atoms. The second kappa shape index (κ2) is 8.27. The minimum absolute atomic E-state index is 0.197. The van der Waals surface area contributed by atoms with Crippen molar-refractivity contribution >= 4 is 9.84 Å². The lowest BCUT2D eigenvalue weighted by Gasteiger charge is -2.19. The number of sulfone groups is 1. The molecule has 1 atom stereocenters. The van der Waals surface area contributed by atoms with Crippen LogP contribution in [0.25, 0.3) is 0 Å². The Kier molecular flexibility index (Phi) is 7.02. The number of methoxy groups -OCH3 is 1. The quantitative estimate of drug-likeness (QED) is 0.761. The molecule has 4 nitrogen and oxygen atoms in total. The Morgan fingerprint density at radius 3 is 2.40 bits per heavy atom. The molecule has 0 aliphatic heterocycles. The number of hydrogen-bond donors (Lipinski definition) is 1. The lowest BCUT2D eigenvalue weighted by atomic mass is 10.0. The van der Waals surface area contributed by atoms with Gasteiger partial charge < -0.3 is 10.1 Å². The molecule has 1 N–H and O–H groups in total. The highest BCUT2D eigenvalue weighted by Gasteiger charge is 2.12. The van der Waals surface area contributed by atoms with Gasteiger partial charge in [-0.2, -0.15) is 0 Å². The highest BCUT2D eigenvalue weighted by atomic mass is 32.2. The minimum atomic E-state index is -2.88. The zero-order chi connectivity index (χ0) is 15.0. The summed E-state index contributed by atoms with van der Waals surface area (Å²) in [6, 6.07) is 8.14. The molecular weight excluding hydrogens is 274 g/mol. The van der Waals surface area contributed by atoms with E-state index in [1.165, 1.54) is 11.8 Å². The average Bonchev–Trinajstić information content (AvgIpc) is 2.41. The molecule has 0 aliphatic rings. The smallest absolute Gasteiger partial charge is 0.147 e. The monoisotopic (exact) mass is 299 g/mol. The Bertz CT molecular complexity index is 482. The van der Waals surface area contributed by atoms with Crippen LogP contribution in [0.5, 0.6) is 5.75 Å². The van der Waals surface area contributed by atoms with E-state index in [4.69, 9.17) is 4.74 Å². The topological polar surface area (TPSA) is 55.4 Å². The predicted molar refractivity (Wildman–Crippen MR) is 83.0 cm³/mol. The van der Waals surface area contributed by atoms with E-state index >= 15 is 0 Å². The fraction of sp³-hybridized carbons (Fsp3) is 0.600. The maximum Gasteiger partial charge on any atom is 0.147 e. The van der Waals surface area contributed by atoms with Gasteiger partial charge in [-0.15, -0.1) is 0 Å². The Morgan fingerprint density at radius 1 is 1.25 bits per heavy atom. The Balaban J connectivity index is 2.66. The van der Waals surface area contributed by atoms with Crippen LogP contribution in [0.2, 0.25) is 0 Å². The molecule has 1 aromatic rings. The van der Waals surface area contributed by atoms with Crippen LogP contribution in [0.15, 0.2) is 24.3 Å². The summed E-state index contributed by atoms with van der Waals surface area (Å²) in [4.78, 5) is 0. The summed E-state index contributed by atoms with van der Waals surface area (Å²) in [5.41, 5.74) is 1.17. The van der Waals surface area contributed by atoms with Crippen LogP contribution in [-0.2, 0) is 9.84 Å². The molecule has 0 saturated carbocycles. The van der Waals surface area contributed by atoms with Gasteiger partial charge in [-0.25, -0.2) is 8.42 Å². The molecule has 1 unspecified atom stereocenters. The summed E-state index contributed by atoms with van der Waals surface area (Å²) in [6.45, 7) is 3.05. The van der Waals surface area contributed by atoms with Gasteiger partial charge >= 0.3 is 0 Å². The van der Waals surface area contributed by atoms with E-state index < -0.39 is 9.84 Å². The van der Waals surface area contributed by atoms with Gasteiger partial charge in [-0.05, 0) is 43.5 Å². The average molecular weight is 299 g/mol. The van der Waals surface area contributed by atoms with E-state index in [2.05, 4.69) is 12.2 Å². The maximum atomic E-state index is 11.2. The van der Waals surface area contributed by atoms with E-state index in [0.29, 0.717) is 6.42 Å². The summed E-state index contributed by atoms with van der Waals surface area (Å²) >= 11 is 0. The maximum absolute atomic E-state index is 11.2. The first kappa shape index (κ1) is 17.0. The van der Waals surface area contributed by atoms with E-state index in [1.807, 2.05) is 24.3 Å². The van der Waals surface area contributed by atoms with Crippen molar-refractivity contribution < 1.29 is 13.2 Å². The van der Waals surface area contributed by atoms with E-state index in [-0.39, 0.29) is 11.8 Å². The number of ether oxygens (including phenoxy) is 1. The highest BCUT2D eigenvalue weighted by molar-refractivity contribution is 7.90. The molecule has 1 rings (SSSR count). The Labute approximate surface area is 122 Å². The van der Waals surface area contributed by atoms with Crippen LogP contribution in [0.1, 0.15) is 37.8 Å². The van der Waals surface area contributed by atoms with Gasteiger partial charge in [0.25, 0.3) is 0 Å². The fourth-order valence-electron chi connectivity index (χ4n) is 2.09. The molecule has 20 heavy (non-hydrogen) atoms. The predicted octanol–water partition coefficient (Wildman–Crippen LogP) is 2.56. The van der Waals surface area contributed by atoms with Crippen LogP contribution in [0.3, 0.4) is 0 Å². The molecule has 114 valence electrons. The van der Waals surface area contributed by atoms with Gasteiger partial charge in [-0.3, -0.25) is 0 Å². The minimum Gasteiger partial charge on any atom is -0.497 e. The van der Waals surface area contributed by atoms with Gasteiger partial charge in [0.2, 0.25) is 0 Å². The van der Waals surface area contributed by atoms with E-state index in [1.54, 1.807) is 7.11 Å². The van der Waals surface area contributed by atoms with E-state index in [0.717, 1.165) is 25.1 Å². The first-order chi connectivity index (χ1) is 9.46. The van der Waals surface area contributed by atoms with Crippen molar-refractivity contribution in [3.05, 3.63) is 29.8 Å². The second-order valence-corrected chi connectivity index (χ2v) is 7.31. The lowest BCUT2D eigenvalue weighted by molar-refractivity contribution is 0.414. The van der Waals surface area contributed by atoms with Gasteiger partial charge in [0.15, 0.2) is 0 Å². The summed E-state index contributed by atoms with van der Waals surface area (Å²) in [7, 11) is -1.23. The molecular formula is C15H25NO3S. The van der Waals surface area contributed by atoms with E-state index in [9.17, 15) is 8.42 Å². The molecule has 1 aromatic carbocycles. The molecule has 0 saturated heterocycles. The third-order valence-corrected chi connectivity index (χ3v) is 4.20. The number of benzene rings is 1. The molecule has 0 aliphatic carbocycles. The van der Waals surface area contributed by atoms with Crippen molar-refractivity contribution in [1.29, 1.82) is 0 Å². The summed E-state index contributed by atoms with van der Waals surface area (Å²) in [5, 5.41) is 3.47. The van der Waals surface area contributed by atoms with Gasteiger partial charge in [0.05, 0.1) is 7.11 Å². The number of nitrogens with one attached hydrogen (secondary N) is 1. The lowest BCUT2D eigenvalue weighted by Crippen LogP contribution is -2.22. The molecule has 0 amide bonds. The standard InChI is InChI=1S/C15H25NO3S/c1-4-11-16-15(6-5-12-20(3,17)18)13-7-9-14(19-2)10-8-13/h7-10,15-16H,4-6,11-12H2,1-3H3. The van der Waals surface area contributed by atoms with Gasteiger partial charge in [0, 0.05) is 18.1 Å². The third-order valence-electron chi connectivity index (χ3n) is 3.17. The highest BCUT2D eigenvalue weighted by Crippen LogP contribution is 2.21. The zero-order valence-electron chi connectivity index (χ0n) is 12.6. The van der Waals surface area contributed by atoms with Crippen molar-refractivity contribution in [2.75, 3.05) is 25.7 Å². The fourth-order valence-corrected chi connectivity index (χ4v) is 2.78. The largest absolute Gasteiger partial charge is 0.497 e. The molecule has 0 fully saturated rings. The summed E-state index contributed by atoms with van der Waals surface area (Å²) in [5.74, 6) is 1.08. The van der Waals surface area contributed by atoms with Crippen LogP contribution in [0.4, 0.5) is 0 Å². The summed E-state index contributed by atoms with van der Waals surface area (Å²) in [6.07, 6.45) is 3.83. The Hall–Kier alpha value is -1.07. The van der Waals surface area contributed by atoms with Crippen molar-refractivity contribution in [1.82, 2.24) is 5.32 Å². The SMILES string of the molecule is CCCNC(CCCS(C)(=O)=O)c1ccc(OC)cc1. The van der Waals surface area contributed by atoms with Crippen molar-refractivity contribution in [3.63, 3.8) is 0 Å². The van der Waals surface area contributed by atoms with Crippen molar-refractivity contribution in [3.8, 4) is 5.75 Å².